The van der Waals surface area contributed by atoms with Gasteiger partial charge in [-0.05, 0) is 44.4 Å². The standard InChI is InChI=1S/C28H48N6O10/c1-6-15(4)23(27(42)34-11-7-8-19(34)25(40)31-17(28(43)44)9-10-21(37)38)33-20(36)13-30-24(39)18(12-14(2)3)32-26(41)22(29)16(5)35/h14-19,22-23,35H,6-13,29H2,1-5H3,(H,30,39)(H,31,40)(H,32,41)(H,33,36)(H,37,38)(H,43,44)/t15-,16+,17-,18-,19-,22-,23-/m0/s1. The van der Waals surface area contributed by atoms with Crippen LogP contribution in [0.4, 0.5) is 0 Å². The average molecular weight is 629 g/mol. The Morgan fingerprint density at radius 3 is 2.09 bits per heavy atom. The predicted molar refractivity (Wildman–Crippen MR) is 157 cm³/mol. The van der Waals surface area contributed by atoms with Crippen molar-refractivity contribution in [2.24, 2.45) is 17.6 Å². The maximum absolute atomic E-state index is 13.6. The van der Waals surface area contributed by atoms with Crippen LogP contribution in [0, 0.1) is 11.8 Å². The Morgan fingerprint density at radius 1 is 0.932 bits per heavy atom. The third-order valence-electron chi connectivity index (χ3n) is 7.48. The molecule has 0 aliphatic carbocycles. The first-order valence-electron chi connectivity index (χ1n) is 14.9. The fraction of sp³-hybridized carbons (Fsp3) is 0.750. The van der Waals surface area contributed by atoms with E-state index in [1.807, 2.05) is 20.8 Å². The number of nitrogens with two attached hydrogens (primary N) is 1. The highest BCUT2D eigenvalue weighted by atomic mass is 16.4. The van der Waals surface area contributed by atoms with E-state index in [0.29, 0.717) is 12.8 Å². The topological polar surface area (TPSA) is 258 Å². The summed E-state index contributed by atoms with van der Waals surface area (Å²) in [6, 6.07) is -5.79. The molecule has 16 heteroatoms. The molecule has 0 spiro atoms. The Hall–Kier alpha value is -3.79. The molecule has 5 amide bonds. The maximum atomic E-state index is 13.6. The minimum absolute atomic E-state index is 0.0105. The molecule has 0 saturated carbocycles. The average Bonchev–Trinajstić information content (AvgIpc) is 3.44. The molecular formula is C28H48N6O10. The second kappa shape index (κ2) is 18.1. The van der Waals surface area contributed by atoms with E-state index in [1.165, 1.54) is 11.8 Å². The molecule has 7 atom stereocenters. The summed E-state index contributed by atoms with van der Waals surface area (Å²) in [5, 5.41) is 37.8. The summed E-state index contributed by atoms with van der Waals surface area (Å²) < 4.78 is 0. The molecule has 1 saturated heterocycles. The van der Waals surface area contributed by atoms with Crippen LogP contribution in [0.1, 0.15) is 73.1 Å². The number of aliphatic carboxylic acids is 2. The number of aliphatic hydroxyl groups excluding tert-OH is 1. The van der Waals surface area contributed by atoms with E-state index in [9.17, 15) is 43.8 Å². The van der Waals surface area contributed by atoms with E-state index < -0.39 is 90.8 Å². The number of carboxylic acids is 2. The number of rotatable bonds is 18. The quantitative estimate of drug-likeness (QED) is 0.0848. The first kappa shape index (κ1) is 38.2. The van der Waals surface area contributed by atoms with Crippen molar-refractivity contribution in [3.05, 3.63) is 0 Å². The van der Waals surface area contributed by atoms with Crippen molar-refractivity contribution in [1.29, 1.82) is 0 Å². The van der Waals surface area contributed by atoms with Gasteiger partial charge in [0.25, 0.3) is 0 Å². The van der Waals surface area contributed by atoms with Gasteiger partial charge in [0.1, 0.15) is 30.2 Å². The molecule has 250 valence electrons. The van der Waals surface area contributed by atoms with Gasteiger partial charge in [0.05, 0.1) is 12.6 Å². The molecule has 0 radical (unpaired) electrons. The molecule has 1 aliphatic heterocycles. The fourth-order valence-corrected chi connectivity index (χ4v) is 4.66. The van der Waals surface area contributed by atoms with Gasteiger partial charge in [-0.3, -0.25) is 28.8 Å². The number of carboxylic acid groups (broad SMARTS) is 2. The van der Waals surface area contributed by atoms with E-state index in [-0.39, 0.29) is 37.6 Å². The third-order valence-corrected chi connectivity index (χ3v) is 7.48. The summed E-state index contributed by atoms with van der Waals surface area (Å²) in [7, 11) is 0. The number of likely N-dealkylation sites (tertiary alicyclic amines) is 1. The summed E-state index contributed by atoms with van der Waals surface area (Å²) >= 11 is 0. The number of carbonyl (C=O) groups is 7. The Balaban J connectivity index is 2.94. The molecule has 0 aromatic rings. The summed E-state index contributed by atoms with van der Waals surface area (Å²) in [6.45, 7) is 8.23. The molecule has 0 aromatic heterocycles. The monoisotopic (exact) mass is 628 g/mol. The minimum atomic E-state index is -1.45. The Morgan fingerprint density at radius 2 is 1.57 bits per heavy atom. The fourth-order valence-electron chi connectivity index (χ4n) is 4.66. The number of hydrogen-bond donors (Lipinski definition) is 8. The number of hydrogen-bond acceptors (Lipinski definition) is 9. The smallest absolute Gasteiger partial charge is 0.326 e. The van der Waals surface area contributed by atoms with Crippen molar-refractivity contribution in [2.45, 2.75) is 109 Å². The number of nitrogens with one attached hydrogen (secondary N) is 4. The zero-order valence-corrected chi connectivity index (χ0v) is 26.0. The number of amides is 5. The highest BCUT2D eigenvalue weighted by Crippen LogP contribution is 2.22. The van der Waals surface area contributed by atoms with E-state index in [2.05, 4.69) is 21.3 Å². The lowest BCUT2D eigenvalue weighted by Crippen LogP contribution is -2.58. The predicted octanol–water partition coefficient (Wildman–Crippen LogP) is -1.70. The van der Waals surface area contributed by atoms with Gasteiger partial charge >= 0.3 is 11.9 Å². The highest BCUT2D eigenvalue weighted by molar-refractivity contribution is 5.95. The molecular weight excluding hydrogens is 580 g/mol. The Kier molecular flexibility index (Phi) is 15.7. The minimum Gasteiger partial charge on any atom is -0.481 e. The van der Waals surface area contributed by atoms with Gasteiger partial charge in [-0.15, -0.1) is 0 Å². The molecule has 1 rings (SSSR count). The van der Waals surface area contributed by atoms with Gasteiger partial charge in [0.2, 0.25) is 29.5 Å². The molecule has 9 N–H and O–H groups in total. The third kappa shape index (κ3) is 12.1. The lowest BCUT2D eigenvalue weighted by atomic mass is 9.97. The zero-order valence-electron chi connectivity index (χ0n) is 26.0. The van der Waals surface area contributed by atoms with Gasteiger partial charge in [-0.2, -0.15) is 0 Å². The van der Waals surface area contributed by atoms with E-state index in [4.69, 9.17) is 10.8 Å². The van der Waals surface area contributed by atoms with Crippen LogP contribution in [0.2, 0.25) is 0 Å². The second-order valence-electron chi connectivity index (χ2n) is 11.6. The second-order valence-corrected chi connectivity index (χ2v) is 11.6. The molecule has 16 nitrogen and oxygen atoms in total. The molecule has 1 fully saturated rings. The van der Waals surface area contributed by atoms with Gasteiger partial charge in [-0.1, -0.05) is 34.1 Å². The molecule has 0 bridgehead atoms. The normalized spacial score (nSPS) is 18.7. The lowest BCUT2D eigenvalue weighted by Gasteiger charge is -2.32. The van der Waals surface area contributed by atoms with Crippen LogP contribution in [-0.4, -0.2) is 111 Å². The van der Waals surface area contributed by atoms with Crippen molar-refractivity contribution in [2.75, 3.05) is 13.1 Å². The van der Waals surface area contributed by atoms with Crippen LogP contribution in [0.25, 0.3) is 0 Å². The number of aliphatic hydroxyl groups is 1. The summed E-state index contributed by atoms with van der Waals surface area (Å²) in [5.74, 6) is -6.35. The number of nitrogens with zero attached hydrogens (tertiary/aromatic N) is 1. The van der Waals surface area contributed by atoms with Gasteiger partial charge < -0.3 is 47.2 Å². The van der Waals surface area contributed by atoms with Crippen molar-refractivity contribution >= 4 is 41.5 Å². The highest BCUT2D eigenvalue weighted by Gasteiger charge is 2.40. The zero-order chi connectivity index (χ0) is 33.7. The van der Waals surface area contributed by atoms with E-state index >= 15 is 0 Å². The SMILES string of the molecule is CC[C@H](C)[C@H](NC(=O)CNC(=O)[C@H](CC(C)C)NC(=O)[C@@H](N)[C@@H](C)O)C(=O)N1CCC[C@H]1C(=O)N[C@@H](CCC(=O)O)C(=O)O. The molecule has 1 aliphatic rings. The van der Waals surface area contributed by atoms with Gasteiger partial charge in [-0.25, -0.2) is 4.79 Å². The Labute approximate surface area is 256 Å². The van der Waals surface area contributed by atoms with Crippen molar-refractivity contribution in [3.8, 4) is 0 Å². The molecule has 44 heavy (non-hydrogen) atoms. The summed E-state index contributed by atoms with van der Waals surface area (Å²) in [5.41, 5.74) is 5.66. The van der Waals surface area contributed by atoms with E-state index in [1.54, 1.807) is 6.92 Å². The maximum Gasteiger partial charge on any atom is 0.326 e. The largest absolute Gasteiger partial charge is 0.481 e. The van der Waals surface area contributed by atoms with Crippen molar-refractivity contribution in [3.63, 3.8) is 0 Å². The Bertz CT molecular complexity index is 1050. The van der Waals surface area contributed by atoms with Crippen LogP contribution in [0.5, 0.6) is 0 Å². The summed E-state index contributed by atoms with van der Waals surface area (Å²) in [4.78, 5) is 88.4. The number of carbonyl (C=O) groups excluding carboxylic acids is 5. The van der Waals surface area contributed by atoms with Crippen LogP contribution >= 0.6 is 0 Å². The molecule has 0 unspecified atom stereocenters. The van der Waals surface area contributed by atoms with Crippen molar-refractivity contribution in [1.82, 2.24) is 26.2 Å². The van der Waals surface area contributed by atoms with Crippen LogP contribution < -0.4 is 27.0 Å². The lowest BCUT2D eigenvalue weighted by molar-refractivity contribution is -0.146. The molecule has 1 heterocycles. The first-order valence-corrected chi connectivity index (χ1v) is 14.9. The van der Waals surface area contributed by atoms with Gasteiger partial charge in [0, 0.05) is 13.0 Å². The van der Waals surface area contributed by atoms with E-state index in [0.717, 1.165) is 0 Å². The van der Waals surface area contributed by atoms with Gasteiger partial charge in [0.15, 0.2) is 0 Å². The van der Waals surface area contributed by atoms with Crippen molar-refractivity contribution < 1.29 is 48.9 Å². The molecule has 0 aromatic carbocycles. The van der Waals surface area contributed by atoms with Crippen LogP contribution in [0.3, 0.4) is 0 Å². The van der Waals surface area contributed by atoms with Crippen LogP contribution in [-0.2, 0) is 33.6 Å². The summed E-state index contributed by atoms with van der Waals surface area (Å²) in [6.07, 6.45) is -0.521. The first-order chi connectivity index (χ1) is 20.5. The van der Waals surface area contributed by atoms with Crippen LogP contribution in [0.15, 0.2) is 0 Å².